The molecule has 7 heteroatoms. The van der Waals surface area contributed by atoms with E-state index in [1.54, 1.807) is 42.3 Å². The molecule has 0 spiro atoms. The highest BCUT2D eigenvalue weighted by Crippen LogP contribution is 2.40. The minimum absolute atomic E-state index is 0.0652. The summed E-state index contributed by atoms with van der Waals surface area (Å²) in [5.74, 6) is 0.494. The fraction of sp³-hybridized carbons (Fsp3) is 0.350. The van der Waals surface area contributed by atoms with Crippen molar-refractivity contribution in [1.82, 2.24) is 0 Å². The number of sulfonamides is 1. The van der Waals surface area contributed by atoms with Crippen LogP contribution in [0.15, 0.2) is 41.3 Å². The number of hydrogen-bond donors (Lipinski definition) is 1. The third kappa shape index (κ3) is 3.16. The van der Waals surface area contributed by atoms with Crippen molar-refractivity contribution in [3.05, 3.63) is 47.5 Å². The molecule has 0 aliphatic carbocycles. The van der Waals surface area contributed by atoms with E-state index in [4.69, 9.17) is 4.74 Å². The quantitative estimate of drug-likeness (QED) is 0.879. The third-order valence-corrected chi connectivity index (χ3v) is 6.42. The number of amides is 1. The zero-order valence-corrected chi connectivity index (χ0v) is 16.4. The van der Waals surface area contributed by atoms with Gasteiger partial charge >= 0.3 is 0 Å². The molecule has 0 unspecified atom stereocenters. The summed E-state index contributed by atoms with van der Waals surface area (Å²) in [7, 11) is -2.06. The Balaban J connectivity index is 1.66. The summed E-state index contributed by atoms with van der Waals surface area (Å²) in [6.45, 7) is 3.89. The average Bonchev–Trinajstić information content (AvgIpc) is 2.91. The van der Waals surface area contributed by atoms with Gasteiger partial charge in [0.15, 0.2) is 0 Å². The summed E-state index contributed by atoms with van der Waals surface area (Å²) in [6.07, 6.45) is 1.70. The van der Waals surface area contributed by atoms with E-state index in [9.17, 15) is 13.2 Å². The number of benzene rings is 2. The third-order valence-electron chi connectivity index (χ3n) is 5.02. The van der Waals surface area contributed by atoms with Gasteiger partial charge in [0.2, 0.25) is 5.91 Å². The maximum atomic E-state index is 13.0. The maximum absolute atomic E-state index is 13.0. The predicted octanol–water partition coefficient (Wildman–Crippen LogP) is 3.11. The van der Waals surface area contributed by atoms with E-state index in [1.165, 1.54) is 0 Å². The highest BCUT2D eigenvalue weighted by atomic mass is 32.2. The highest BCUT2D eigenvalue weighted by molar-refractivity contribution is 7.92. The normalized spacial score (nSPS) is 17.9. The Morgan fingerprint density at radius 2 is 1.89 bits per heavy atom. The second-order valence-corrected chi connectivity index (χ2v) is 9.34. The molecule has 27 heavy (non-hydrogen) atoms. The Kier molecular flexibility index (Phi) is 3.96. The molecule has 1 amide bonds. The molecule has 142 valence electrons. The van der Waals surface area contributed by atoms with Crippen molar-refractivity contribution in [1.29, 1.82) is 0 Å². The van der Waals surface area contributed by atoms with Gasteiger partial charge in [-0.2, -0.15) is 0 Å². The molecule has 0 bridgehead atoms. The van der Waals surface area contributed by atoms with Gasteiger partial charge in [0.05, 0.1) is 0 Å². The number of hydrogen-bond acceptors (Lipinski definition) is 4. The van der Waals surface area contributed by atoms with Crippen molar-refractivity contribution in [2.24, 2.45) is 0 Å². The van der Waals surface area contributed by atoms with E-state index >= 15 is 0 Å². The van der Waals surface area contributed by atoms with Gasteiger partial charge in [0.25, 0.3) is 10.0 Å². The Hall–Kier alpha value is -2.54. The van der Waals surface area contributed by atoms with Crippen LogP contribution < -0.4 is 14.4 Å². The summed E-state index contributed by atoms with van der Waals surface area (Å²) in [5.41, 5.74) is 2.73. The second kappa shape index (κ2) is 5.99. The lowest BCUT2D eigenvalue weighted by molar-refractivity contribution is -0.118. The predicted molar refractivity (Wildman–Crippen MR) is 104 cm³/mol. The fourth-order valence-corrected chi connectivity index (χ4v) is 4.95. The van der Waals surface area contributed by atoms with Crippen LogP contribution in [0.3, 0.4) is 0 Å². The Morgan fingerprint density at radius 1 is 1.11 bits per heavy atom. The van der Waals surface area contributed by atoms with E-state index in [2.05, 4.69) is 4.72 Å². The number of nitrogens with zero attached hydrogens (tertiary/aromatic N) is 1. The first-order valence-electron chi connectivity index (χ1n) is 8.89. The van der Waals surface area contributed by atoms with Crippen LogP contribution >= 0.6 is 0 Å². The smallest absolute Gasteiger partial charge is 0.265 e. The van der Waals surface area contributed by atoms with E-state index in [0.29, 0.717) is 30.7 Å². The van der Waals surface area contributed by atoms with Crippen LogP contribution in [0.1, 0.15) is 31.4 Å². The summed E-state index contributed by atoms with van der Waals surface area (Å²) in [6, 6.07) is 10.5. The van der Waals surface area contributed by atoms with Crippen molar-refractivity contribution in [2.75, 3.05) is 16.7 Å². The molecule has 0 saturated heterocycles. The van der Waals surface area contributed by atoms with Crippen molar-refractivity contribution in [3.8, 4) is 5.75 Å². The van der Waals surface area contributed by atoms with Crippen LogP contribution in [0.25, 0.3) is 0 Å². The largest absolute Gasteiger partial charge is 0.486 e. The molecular formula is C20H22N2O4S. The maximum Gasteiger partial charge on any atom is 0.265 e. The molecule has 2 aromatic carbocycles. The molecule has 0 atom stereocenters. The number of anilines is 2. The molecule has 0 aromatic heterocycles. The average molecular weight is 386 g/mol. The van der Waals surface area contributed by atoms with Gasteiger partial charge in [0.1, 0.15) is 16.2 Å². The second-order valence-electron chi connectivity index (χ2n) is 7.68. The van der Waals surface area contributed by atoms with Crippen LogP contribution in [0.2, 0.25) is 0 Å². The van der Waals surface area contributed by atoms with Gasteiger partial charge in [-0.25, -0.2) is 8.42 Å². The van der Waals surface area contributed by atoms with E-state index in [1.807, 2.05) is 19.9 Å². The molecule has 2 aliphatic heterocycles. The summed E-state index contributed by atoms with van der Waals surface area (Å²) in [4.78, 5) is 13.6. The molecule has 0 radical (unpaired) electrons. The highest BCUT2D eigenvalue weighted by Gasteiger charge is 2.35. The number of rotatable bonds is 3. The van der Waals surface area contributed by atoms with Crippen molar-refractivity contribution in [3.63, 3.8) is 0 Å². The van der Waals surface area contributed by atoms with E-state index in [-0.39, 0.29) is 10.8 Å². The van der Waals surface area contributed by atoms with Crippen LogP contribution in [-0.4, -0.2) is 27.0 Å². The van der Waals surface area contributed by atoms with Gasteiger partial charge < -0.3 is 9.64 Å². The lowest BCUT2D eigenvalue weighted by Crippen LogP contribution is -2.31. The van der Waals surface area contributed by atoms with E-state index < -0.39 is 15.6 Å². The van der Waals surface area contributed by atoms with Gasteiger partial charge in [0, 0.05) is 31.3 Å². The number of ether oxygens (including phenoxy) is 1. The molecule has 0 fully saturated rings. The van der Waals surface area contributed by atoms with Gasteiger partial charge in [-0.05, 0) is 55.7 Å². The molecule has 6 nitrogen and oxygen atoms in total. The standard InChI is InChI=1S/C20H22N2O4S/c1-20(2)12-14-5-4-6-17(19(14)26-20)27(24,25)21-15-8-9-16-13(11-15)7-10-18(23)22(16)3/h4-6,8-9,11,21H,7,10,12H2,1-3H3. The molecule has 1 N–H and O–H groups in total. The minimum Gasteiger partial charge on any atom is -0.486 e. The number of carbonyl (C=O) groups is 1. The van der Waals surface area contributed by atoms with Gasteiger partial charge in [-0.3, -0.25) is 9.52 Å². The summed E-state index contributed by atoms with van der Waals surface area (Å²) in [5, 5.41) is 0. The van der Waals surface area contributed by atoms with Crippen LogP contribution in [-0.2, 0) is 27.7 Å². The molecule has 2 aromatic rings. The first-order chi connectivity index (χ1) is 12.7. The first kappa shape index (κ1) is 17.9. The summed E-state index contributed by atoms with van der Waals surface area (Å²) >= 11 is 0. The number of nitrogens with one attached hydrogen (secondary N) is 1. The molecule has 2 aliphatic rings. The van der Waals surface area contributed by atoms with Gasteiger partial charge in [-0.15, -0.1) is 0 Å². The first-order valence-corrected chi connectivity index (χ1v) is 10.4. The SMILES string of the molecule is CN1C(=O)CCc2cc(NS(=O)(=O)c3cccc4c3OC(C)(C)C4)ccc21. The van der Waals surface area contributed by atoms with Crippen molar-refractivity contribution in [2.45, 2.75) is 43.6 Å². The number of carbonyl (C=O) groups excluding carboxylic acids is 1. The Morgan fingerprint density at radius 3 is 2.67 bits per heavy atom. The zero-order chi connectivity index (χ0) is 19.4. The Labute approximate surface area is 159 Å². The van der Waals surface area contributed by atoms with Crippen LogP contribution in [0.5, 0.6) is 5.75 Å². The van der Waals surface area contributed by atoms with E-state index in [0.717, 1.165) is 16.8 Å². The van der Waals surface area contributed by atoms with Gasteiger partial charge in [-0.1, -0.05) is 12.1 Å². The minimum atomic E-state index is -3.80. The fourth-order valence-electron chi connectivity index (χ4n) is 3.73. The number of fused-ring (bicyclic) bond motifs is 2. The van der Waals surface area contributed by atoms with Crippen LogP contribution in [0.4, 0.5) is 11.4 Å². The van der Waals surface area contributed by atoms with Crippen molar-refractivity contribution < 1.29 is 17.9 Å². The lowest BCUT2D eigenvalue weighted by atomic mass is 10.0. The lowest BCUT2D eigenvalue weighted by Gasteiger charge is -2.26. The van der Waals surface area contributed by atoms with Crippen LogP contribution in [0, 0.1) is 0 Å². The molecule has 0 saturated carbocycles. The zero-order valence-electron chi connectivity index (χ0n) is 15.6. The topological polar surface area (TPSA) is 75.7 Å². The molecule has 2 heterocycles. The summed E-state index contributed by atoms with van der Waals surface area (Å²) < 4.78 is 34.6. The molecule has 4 rings (SSSR count). The van der Waals surface area contributed by atoms with Crippen molar-refractivity contribution >= 4 is 27.3 Å². The monoisotopic (exact) mass is 386 g/mol. The number of aryl methyl sites for hydroxylation is 1. The molecular weight excluding hydrogens is 364 g/mol. The number of para-hydroxylation sites is 1. The Bertz CT molecular complexity index is 1040.